The summed E-state index contributed by atoms with van der Waals surface area (Å²) in [5.41, 5.74) is 1.32. The molecular formula is C13H17BrClF. The molecule has 1 unspecified atom stereocenters. The van der Waals surface area contributed by atoms with Crippen molar-refractivity contribution >= 4 is 27.5 Å². The normalized spacial score (nSPS) is 14.8. The Bertz CT molecular complexity index is 354. The number of halogens is 3. The molecule has 3 heteroatoms. The molecule has 1 atom stereocenters. The number of benzene rings is 1. The highest BCUT2D eigenvalue weighted by molar-refractivity contribution is 9.09. The Hall–Kier alpha value is -0.0800. The quantitative estimate of drug-likeness (QED) is 0.654. The van der Waals surface area contributed by atoms with Gasteiger partial charge in [-0.2, -0.15) is 0 Å². The first kappa shape index (κ1) is 14.0. The van der Waals surface area contributed by atoms with E-state index in [2.05, 4.69) is 29.8 Å². The molecule has 0 saturated heterocycles. The summed E-state index contributed by atoms with van der Waals surface area (Å²) >= 11 is 9.33. The standard InChI is InChI=1S/C13H17BrClF/c1-3-6-13(2,9-14)8-10-4-5-12(16)11(15)7-10/h4-5,7H,3,6,8-9H2,1-2H3. The summed E-state index contributed by atoms with van der Waals surface area (Å²) < 4.78 is 13.0. The van der Waals surface area contributed by atoms with E-state index in [9.17, 15) is 4.39 Å². The minimum absolute atomic E-state index is 0.214. The Morgan fingerprint density at radius 3 is 2.62 bits per heavy atom. The number of rotatable bonds is 5. The fourth-order valence-electron chi connectivity index (χ4n) is 1.95. The van der Waals surface area contributed by atoms with E-state index < -0.39 is 0 Å². The van der Waals surface area contributed by atoms with Gasteiger partial charge in [0.2, 0.25) is 0 Å². The van der Waals surface area contributed by atoms with Crippen molar-refractivity contribution < 1.29 is 4.39 Å². The van der Waals surface area contributed by atoms with Gasteiger partial charge in [0.1, 0.15) is 5.82 Å². The predicted molar refractivity (Wildman–Crippen MR) is 71.9 cm³/mol. The van der Waals surface area contributed by atoms with Crippen molar-refractivity contribution in [2.24, 2.45) is 5.41 Å². The lowest BCUT2D eigenvalue weighted by Crippen LogP contribution is -2.21. The van der Waals surface area contributed by atoms with Gasteiger partial charge in [0.05, 0.1) is 5.02 Å². The molecule has 0 spiro atoms. The molecule has 1 aromatic carbocycles. The topological polar surface area (TPSA) is 0 Å². The lowest BCUT2D eigenvalue weighted by Gasteiger charge is -2.27. The minimum atomic E-state index is -0.346. The van der Waals surface area contributed by atoms with Gasteiger partial charge in [0, 0.05) is 5.33 Å². The molecule has 0 nitrogen and oxygen atoms in total. The van der Waals surface area contributed by atoms with Crippen molar-refractivity contribution in [2.75, 3.05) is 5.33 Å². The molecule has 0 amide bonds. The largest absolute Gasteiger partial charge is 0.205 e. The second-order valence-corrected chi connectivity index (χ2v) is 5.59. The van der Waals surface area contributed by atoms with Gasteiger partial charge in [-0.3, -0.25) is 0 Å². The van der Waals surface area contributed by atoms with Crippen molar-refractivity contribution in [1.29, 1.82) is 0 Å². The van der Waals surface area contributed by atoms with Crippen LogP contribution in [-0.2, 0) is 6.42 Å². The molecule has 1 aromatic rings. The van der Waals surface area contributed by atoms with Gasteiger partial charge in [-0.05, 0) is 36.0 Å². The van der Waals surface area contributed by atoms with Crippen LogP contribution in [0.4, 0.5) is 4.39 Å². The van der Waals surface area contributed by atoms with Gasteiger partial charge < -0.3 is 0 Å². The Labute approximate surface area is 110 Å². The van der Waals surface area contributed by atoms with Crippen LogP contribution in [-0.4, -0.2) is 5.33 Å². The third-order valence-corrected chi connectivity index (χ3v) is 4.43. The number of alkyl halides is 1. The van der Waals surface area contributed by atoms with E-state index in [0.717, 1.165) is 30.2 Å². The highest BCUT2D eigenvalue weighted by Crippen LogP contribution is 2.31. The third-order valence-electron chi connectivity index (χ3n) is 2.79. The van der Waals surface area contributed by atoms with E-state index in [0.29, 0.717) is 0 Å². The SMILES string of the molecule is CCCC(C)(CBr)Cc1ccc(F)c(Cl)c1. The van der Waals surface area contributed by atoms with Crippen LogP contribution in [0.1, 0.15) is 32.3 Å². The summed E-state index contributed by atoms with van der Waals surface area (Å²) in [4.78, 5) is 0. The lowest BCUT2D eigenvalue weighted by atomic mass is 9.82. The van der Waals surface area contributed by atoms with Gasteiger partial charge in [-0.25, -0.2) is 4.39 Å². The zero-order valence-electron chi connectivity index (χ0n) is 9.69. The molecule has 0 saturated carbocycles. The van der Waals surface area contributed by atoms with Gasteiger partial charge >= 0.3 is 0 Å². The van der Waals surface area contributed by atoms with Crippen molar-refractivity contribution in [2.45, 2.75) is 33.1 Å². The molecule has 0 aromatic heterocycles. The Kier molecular flexibility index (Phi) is 5.26. The van der Waals surface area contributed by atoms with Crippen molar-refractivity contribution in [3.05, 3.63) is 34.6 Å². The molecule has 90 valence electrons. The van der Waals surface area contributed by atoms with Gasteiger partial charge in [-0.15, -0.1) is 0 Å². The summed E-state index contributed by atoms with van der Waals surface area (Å²) in [7, 11) is 0. The summed E-state index contributed by atoms with van der Waals surface area (Å²) in [6.07, 6.45) is 3.22. The molecule has 0 radical (unpaired) electrons. The van der Waals surface area contributed by atoms with E-state index in [4.69, 9.17) is 11.6 Å². The first-order chi connectivity index (χ1) is 7.50. The Morgan fingerprint density at radius 1 is 1.44 bits per heavy atom. The smallest absolute Gasteiger partial charge is 0.141 e. The van der Waals surface area contributed by atoms with Crippen LogP contribution < -0.4 is 0 Å². The van der Waals surface area contributed by atoms with Crippen LogP contribution in [0.15, 0.2) is 18.2 Å². The lowest BCUT2D eigenvalue weighted by molar-refractivity contribution is 0.340. The molecule has 0 bridgehead atoms. The predicted octanol–water partition coefficient (Wildman–Crippen LogP) is 5.22. The van der Waals surface area contributed by atoms with Crippen molar-refractivity contribution in [1.82, 2.24) is 0 Å². The van der Waals surface area contributed by atoms with E-state index in [1.807, 2.05) is 6.07 Å². The van der Waals surface area contributed by atoms with Crippen LogP contribution >= 0.6 is 27.5 Å². The summed E-state index contributed by atoms with van der Waals surface area (Å²) in [5, 5.41) is 1.16. The van der Waals surface area contributed by atoms with E-state index in [-0.39, 0.29) is 16.3 Å². The summed E-state index contributed by atoms with van der Waals surface area (Å²) in [5.74, 6) is -0.346. The van der Waals surface area contributed by atoms with E-state index in [1.54, 1.807) is 6.07 Å². The van der Waals surface area contributed by atoms with Gasteiger partial charge in [-0.1, -0.05) is 53.9 Å². The molecular weight excluding hydrogens is 290 g/mol. The maximum Gasteiger partial charge on any atom is 0.141 e. The average molecular weight is 308 g/mol. The van der Waals surface area contributed by atoms with Crippen LogP contribution in [0.3, 0.4) is 0 Å². The Morgan fingerprint density at radius 2 is 2.12 bits per heavy atom. The molecule has 0 fully saturated rings. The maximum absolute atomic E-state index is 13.0. The highest BCUT2D eigenvalue weighted by atomic mass is 79.9. The monoisotopic (exact) mass is 306 g/mol. The molecule has 0 aliphatic rings. The molecule has 0 N–H and O–H groups in total. The number of hydrogen-bond donors (Lipinski definition) is 0. The highest BCUT2D eigenvalue weighted by Gasteiger charge is 2.22. The summed E-state index contributed by atoms with van der Waals surface area (Å²) in [6.45, 7) is 4.42. The van der Waals surface area contributed by atoms with Crippen LogP contribution in [0.25, 0.3) is 0 Å². The fourth-order valence-corrected chi connectivity index (χ4v) is 2.63. The second-order valence-electron chi connectivity index (χ2n) is 4.62. The maximum atomic E-state index is 13.0. The fraction of sp³-hybridized carbons (Fsp3) is 0.538. The zero-order valence-corrected chi connectivity index (χ0v) is 12.0. The molecule has 0 heterocycles. The second kappa shape index (κ2) is 6.02. The third kappa shape index (κ3) is 3.74. The molecule has 1 rings (SSSR count). The van der Waals surface area contributed by atoms with Gasteiger partial charge in [0.15, 0.2) is 0 Å². The zero-order chi connectivity index (χ0) is 12.2. The van der Waals surface area contributed by atoms with Crippen LogP contribution in [0.5, 0.6) is 0 Å². The summed E-state index contributed by atoms with van der Waals surface area (Å²) in [6, 6.07) is 4.99. The molecule has 0 aliphatic heterocycles. The Balaban J connectivity index is 2.81. The van der Waals surface area contributed by atoms with E-state index >= 15 is 0 Å². The number of hydrogen-bond acceptors (Lipinski definition) is 0. The molecule has 16 heavy (non-hydrogen) atoms. The average Bonchev–Trinajstić information content (AvgIpc) is 2.24. The van der Waals surface area contributed by atoms with Gasteiger partial charge in [0.25, 0.3) is 0 Å². The van der Waals surface area contributed by atoms with Crippen LogP contribution in [0, 0.1) is 11.2 Å². The van der Waals surface area contributed by atoms with Crippen LogP contribution in [0.2, 0.25) is 5.02 Å². The van der Waals surface area contributed by atoms with Crippen molar-refractivity contribution in [3.63, 3.8) is 0 Å². The molecule has 0 aliphatic carbocycles. The van der Waals surface area contributed by atoms with Crippen molar-refractivity contribution in [3.8, 4) is 0 Å². The first-order valence-corrected chi connectivity index (χ1v) is 7.00. The first-order valence-electron chi connectivity index (χ1n) is 5.50. The van der Waals surface area contributed by atoms with E-state index in [1.165, 1.54) is 6.07 Å². The minimum Gasteiger partial charge on any atom is -0.205 e.